The third-order valence-electron chi connectivity index (χ3n) is 6.02. The largest absolute Gasteiger partial charge is 0.459 e. The summed E-state index contributed by atoms with van der Waals surface area (Å²) < 4.78 is 21.5. The fraction of sp³-hybridized carbons (Fsp3) is 0.824. The van der Waals surface area contributed by atoms with Gasteiger partial charge in [-0.2, -0.15) is 0 Å². The molecule has 4 aliphatic rings. The topological polar surface area (TPSA) is 92.6 Å². The van der Waals surface area contributed by atoms with Crippen LogP contribution in [-0.4, -0.2) is 69.6 Å². The van der Waals surface area contributed by atoms with Gasteiger partial charge in [0, 0.05) is 18.8 Å². The predicted molar refractivity (Wildman–Crippen MR) is 81.4 cm³/mol. The van der Waals surface area contributed by atoms with Gasteiger partial charge in [-0.05, 0) is 6.42 Å². The van der Waals surface area contributed by atoms with E-state index >= 15 is 0 Å². The number of morpholine rings is 1. The summed E-state index contributed by atoms with van der Waals surface area (Å²) in [6.45, 7) is 5.68. The van der Waals surface area contributed by atoms with E-state index < -0.39 is 30.0 Å². The van der Waals surface area contributed by atoms with Gasteiger partial charge in [-0.25, -0.2) is 0 Å². The van der Waals surface area contributed by atoms with Gasteiger partial charge in [-0.15, -0.1) is 0 Å². The Bertz CT molecular complexity index is 573. The van der Waals surface area contributed by atoms with Crippen LogP contribution in [-0.2, 0) is 33.3 Å². The van der Waals surface area contributed by atoms with Gasteiger partial charge in [0.25, 0.3) is 0 Å². The number of carbonyl (C=O) groups is 3. The van der Waals surface area contributed by atoms with Gasteiger partial charge in [-0.3, -0.25) is 14.4 Å². The quantitative estimate of drug-likeness (QED) is 0.459. The molecule has 0 aromatic heterocycles. The molecule has 25 heavy (non-hydrogen) atoms. The second-order valence-electron chi connectivity index (χ2n) is 7.37. The minimum atomic E-state index is -0.555. The number of nitrogens with one attached hydrogen (secondary N) is 1. The van der Waals surface area contributed by atoms with Crippen LogP contribution >= 0.6 is 0 Å². The maximum absolute atomic E-state index is 12.6. The van der Waals surface area contributed by atoms with Crippen LogP contribution in [0.2, 0.25) is 0 Å². The van der Waals surface area contributed by atoms with E-state index in [4.69, 9.17) is 18.9 Å². The van der Waals surface area contributed by atoms with Crippen molar-refractivity contribution in [3.8, 4) is 0 Å². The van der Waals surface area contributed by atoms with Crippen molar-refractivity contribution in [2.45, 2.75) is 25.6 Å². The van der Waals surface area contributed by atoms with E-state index in [1.54, 1.807) is 0 Å². The van der Waals surface area contributed by atoms with Crippen LogP contribution in [0.1, 0.15) is 13.3 Å². The second kappa shape index (κ2) is 6.57. The number of rotatable bonds is 5. The number of carbonyl (C=O) groups excluding carboxylic acids is 3. The highest BCUT2D eigenvalue weighted by molar-refractivity contribution is 5.86. The Hall–Kier alpha value is -1.67. The van der Waals surface area contributed by atoms with Crippen molar-refractivity contribution >= 4 is 17.9 Å². The fourth-order valence-electron chi connectivity index (χ4n) is 4.96. The number of esters is 3. The van der Waals surface area contributed by atoms with Crippen molar-refractivity contribution in [2.75, 3.05) is 39.5 Å². The zero-order chi connectivity index (χ0) is 17.6. The summed E-state index contributed by atoms with van der Waals surface area (Å²) in [7, 11) is 0. The molecular formula is C17H24NO7+. The summed E-state index contributed by atoms with van der Waals surface area (Å²) in [5.74, 6) is -2.35. The molecule has 2 saturated heterocycles. The molecule has 4 rings (SSSR count). The summed E-state index contributed by atoms with van der Waals surface area (Å²) in [6, 6.07) is 0. The zero-order valence-corrected chi connectivity index (χ0v) is 14.3. The van der Waals surface area contributed by atoms with Gasteiger partial charge < -0.3 is 23.8 Å². The summed E-state index contributed by atoms with van der Waals surface area (Å²) in [5.41, 5.74) is 0. The van der Waals surface area contributed by atoms with E-state index in [-0.39, 0.29) is 23.8 Å². The van der Waals surface area contributed by atoms with Crippen LogP contribution in [0.5, 0.6) is 0 Å². The third kappa shape index (κ3) is 2.91. The molecular weight excluding hydrogens is 330 g/mol. The third-order valence-corrected chi connectivity index (χ3v) is 6.02. The minimum absolute atomic E-state index is 0.0377. The van der Waals surface area contributed by atoms with E-state index in [1.807, 2.05) is 0 Å². The molecule has 2 bridgehead atoms. The molecule has 0 amide bonds. The number of hydrogen-bond donors (Lipinski definition) is 1. The lowest BCUT2D eigenvalue weighted by atomic mass is 9.78. The first-order chi connectivity index (χ1) is 12.1. The van der Waals surface area contributed by atoms with Gasteiger partial charge >= 0.3 is 17.9 Å². The van der Waals surface area contributed by atoms with Gasteiger partial charge in [0.2, 0.25) is 0 Å². The monoisotopic (exact) mass is 354 g/mol. The highest BCUT2D eigenvalue weighted by Gasteiger charge is 2.70. The predicted octanol–water partition coefficient (Wildman–Crippen LogP) is -1.82. The Balaban J connectivity index is 1.38. The van der Waals surface area contributed by atoms with Gasteiger partial charge in [-0.1, -0.05) is 0 Å². The molecule has 0 aromatic rings. The first kappa shape index (κ1) is 16.8. The standard InChI is InChI=1S/C17H23NO7/c1-9(19)24-14-10-8-11-13(17(21)25-15(11)14)12(10)16(20)23-7-4-18-2-5-22-6-3-18/h10-15H,2-8H2,1H3/p+1. The van der Waals surface area contributed by atoms with E-state index in [2.05, 4.69) is 0 Å². The molecule has 138 valence electrons. The van der Waals surface area contributed by atoms with Gasteiger partial charge in [0.1, 0.15) is 38.4 Å². The average molecular weight is 354 g/mol. The summed E-state index contributed by atoms with van der Waals surface area (Å²) >= 11 is 0. The van der Waals surface area contributed by atoms with E-state index in [0.717, 1.165) is 32.8 Å². The molecule has 6 atom stereocenters. The molecule has 8 heteroatoms. The van der Waals surface area contributed by atoms with Gasteiger partial charge in [0.05, 0.1) is 25.0 Å². The second-order valence-corrected chi connectivity index (χ2v) is 7.37. The van der Waals surface area contributed by atoms with Crippen molar-refractivity contribution in [1.82, 2.24) is 0 Å². The van der Waals surface area contributed by atoms with E-state index in [1.165, 1.54) is 11.8 Å². The van der Waals surface area contributed by atoms with Crippen LogP contribution in [0.25, 0.3) is 0 Å². The van der Waals surface area contributed by atoms with Crippen molar-refractivity contribution in [3.05, 3.63) is 0 Å². The number of ether oxygens (including phenoxy) is 4. The fourth-order valence-corrected chi connectivity index (χ4v) is 4.96. The lowest BCUT2D eigenvalue weighted by Crippen LogP contribution is -3.14. The smallest absolute Gasteiger partial charge is 0.310 e. The van der Waals surface area contributed by atoms with Crippen LogP contribution in [0.4, 0.5) is 0 Å². The Morgan fingerprint density at radius 3 is 2.72 bits per heavy atom. The summed E-state index contributed by atoms with van der Waals surface area (Å²) in [4.78, 5) is 37.5. The summed E-state index contributed by atoms with van der Waals surface area (Å²) in [6.07, 6.45) is -0.242. The van der Waals surface area contributed by atoms with E-state index in [0.29, 0.717) is 13.0 Å². The molecule has 1 N–H and O–H groups in total. The highest BCUT2D eigenvalue weighted by atomic mass is 16.6. The summed E-state index contributed by atoms with van der Waals surface area (Å²) in [5, 5.41) is 0. The van der Waals surface area contributed by atoms with Crippen molar-refractivity contribution < 1.29 is 38.2 Å². The molecule has 0 spiro atoms. The van der Waals surface area contributed by atoms with Crippen LogP contribution < -0.4 is 4.90 Å². The number of fused-ring (bicyclic) bond motifs is 1. The molecule has 4 fully saturated rings. The average Bonchev–Trinajstić information content (AvgIpc) is 3.19. The molecule has 0 radical (unpaired) electrons. The Morgan fingerprint density at radius 2 is 2.00 bits per heavy atom. The molecule has 2 heterocycles. The van der Waals surface area contributed by atoms with Crippen molar-refractivity contribution in [2.24, 2.45) is 23.7 Å². The lowest BCUT2D eigenvalue weighted by molar-refractivity contribution is -0.908. The first-order valence-corrected chi connectivity index (χ1v) is 9.02. The zero-order valence-electron chi connectivity index (χ0n) is 14.3. The van der Waals surface area contributed by atoms with Crippen molar-refractivity contribution in [3.63, 3.8) is 0 Å². The maximum Gasteiger partial charge on any atom is 0.310 e. The van der Waals surface area contributed by atoms with Crippen molar-refractivity contribution in [1.29, 1.82) is 0 Å². The molecule has 2 aliphatic heterocycles. The van der Waals surface area contributed by atoms with Crippen LogP contribution in [0.15, 0.2) is 0 Å². The first-order valence-electron chi connectivity index (χ1n) is 9.02. The maximum atomic E-state index is 12.6. The normalized spacial score (nSPS) is 39.3. The Morgan fingerprint density at radius 1 is 1.24 bits per heavy atom. The van der Waals surface area contributed by atoms with E-state index in [9.17, 15) is 14.4 Å². The molecule has 2 saturated carbocycles. The minimum Gasteiger partial charge on any atom is -0.459 e. The highest BCUT2D eigenvalue weighted by Crippen LogP contribution is 2.58. The Labute approximate surface area is 145 Å². The molecule has 0 aromatic carbocycles. The van der Waals surface area contributed by atoms with Crippen LogP contribution in [0.3, 0.4) is 0 Å². The SMILES string of the molecule is CC(=O)OC1C2CC3C1OC(=O)C3C2C(=O)OCC[NH+]1CCOCC1. The molecule has 8 nitrogen and oxygen atoms in total. The Kier molecular flexibility index (Phi) is 4.41. The molecule has 6 unspecified atom stereocenters. The lowest BCUT2D eigenvalue weighted by Gasteiger charge is -2.30. The molecule has 2 aliphatic carbocycles. The van der Waals surface area contributed by atoms with Gasteiger partial charge in [0.15, 0.2) is 0 Å². The number of quaternary nitrogens is 1. The number of hydrogen-bond acceptors (Lipinski definition) is 7. The van der Waals surface area contributed by atoms with Crippen LogP contribution in [0, 0.1) is 23.7 Å².